The van der Waals surface area contributed by atoms with E-state index >= 15 is 0 Å². The summed E-state index contributed by atoms with van der Waals surface area (Å²) in [5.74, 6) is -0.257. The standard InChI is InChI=1S/C15H21N3O2/c1-10-5-6-11(13(19)18(2)3)9-12(10)17-14(20)15(16)7-4-8-15/h5-6,9H,4,7-8,16H2,1-3H3,(H,17,20). The van der Waals surface area contributed by atoms with Gasteiger partial charge in [0, 0.05) is 25.3 Å². The first-order chi connectivity index (χ1) is 9.33. The number of carbonyl (C=O) groups excluding carboxylic acids is 2. The summed E-state index contributed by atoms with van der Waals surface area (Å²) >= 11 is 0. The van der Waals surface area contributed by atoms with Gasteiger partial charge in [-0.25, -0.2) is 0 Å². The van der Waals surface area contributed by atoms with Crippen molar-refractivity contribution < 1.29 is 9.59 Å². The van der Waals surface area contributed by atoms with Crippen LogP contribution in [0.15, 0.2) is 18.2 Å². The van der Waals surface area contributed by atoms with Gasteiger partial charge >= 0.3 is 0 Å². The topological polar surface area (TPSA) is 75.4 Å². The second-order valence-electron chi connectivity index (χ2n) is 5.69. The highest BCUT2D eigenvalue weighted by Gasteiger charge is 2.40. The lowest BCUT2D eigenvalue weighted by atomic mass is 9.77. The van der Waals surface area contributed by atoms with Crippen LogP contribution in [0.5, 0.6) is 0 Å². The van der Waals surface area contributed by atoms with Gasteiger partial charge in [-0.15, -0.1) is 0 Å². The number of hydrogen-bond donors (Lipinski definition) is 2. The number of nitrogens with zero attached hydrogens (tertiary/aromatic N) is 1. The highest BCUT2D eigenvalue weighted by Crippen LogP contribution is 2.30. The van der Waals surface area contributed by atoms with Gasteiger partial charge in [-0.3, -0.25) is 9.59 Å². The Labute approximate surface area is 119 Å². The summed E-state index contributed by atoms with van der Waals surface area (Å²) in [6.45, 7) is 1.89. The lowest BCUT2D eigenvalue weighted by molar-refractivity contribution is -0.123. The predicted octanol–water partition coefficient (Wildman–Crippen LogP) is 1.52. The van der Waals surface area contributed by atoms with E-state index in [0.29, 0.717) is 24.1 Å². The molecule has 5 nitrogen and oxygen atoms in total. The average molecular weight is 275 g/mol. The van der Waals surface area contributed by atoms with Gasteiger partial charge in [-0.05, 0) is 43.9 Å². The van der Waals surface area contributed by atoms with Crippen LogP contribution in [0.1, 0.15) is 35.2 Å². The summed E-state index contributed by atoms with van der Waals surface area (Å²) in [4.78, 5) is 25.6. The minimum absolute atomic E-state index is 0.0911. The molecule has 1 aromatic carbocycles. The first kappa shape index (κ1) is 14.5. The summed E-state index contributed by atoms with van der Waals surface area (Å²) in [6.07, 6.45) is 2.42. The summed E-state index contributed by atoms with van der Waals surface area (Å²) in [5, 5.41) is 2.85. The number of benzene rings is 1. The van der Waals surface area contributed by atoms with Gasteiger partial charge in [0.25, 0.3) is 5.91 Å². The summed E-state index contributed by atoms with van der Waals surface area (Å²) in [6, 6.07) is 5.29. The fourth-order valence-electron chi connectivity index (χ4n) is 2.18. The van der Waals surface area contributed by atoms with E-state index < -0.39 is 5.54 Å². The van der Waals surface area contributed by atoms with Crippen molar-refractivity contribution in [2.24, 2.45) is 5.73 Å². The Balaban J connectivity index is 2.21. The number of carbonyl (C=O) groups is 2. The first-order valence-corrected chi connectivity index (χ1v) is 6.76. The van der Waals surface area contributed by atoms with Crippen LogP contribution in [0, 0.1) is 6.92 Å². The Morgan fingerprint density at radius 3 is 2.45 bits per heavy atom. The zero-order chi connectivity index (χ0) is 14.9. The fraction of sp³-hybridized carbons (Fsp3) is 0.467. The summed E-state index contributed by atoms with van der Waals surface area (Å²) in [5.41, 5.74) is 7.38. The van der Waals surface area contributed by atoms with E-state index in [0.717, 1.165) is 12.0 Å². The molecule has 1 aliphatic rings. The van der Waals surface area contributed by atoms with E-state index in [1.54, 1.807) is 26.2 Å². The lowest BCUT2D eigenvalue weighted by Gasteiger charge is -2.36. The van der Waals surface area contributed by atoms with Crippen molar-refractivity contribution in [3.05, 3.63) is 29.3 Å². The van der Waals surface area contributed by atoms with E-state index in [1.807, 2.05) is 13.0 Å². The average Bonchev–Trinajstić information content (AvgIpc) is 2.37. The van der Waals surface area contributed by atoms with Crippen LogP contribution in [-0.4, -0.2) is 36.3 Å². The van der Waals surface area contributed by atoms with Crippen LogP contribution in [-0.2, 0) is 4.79 Å². The third-order valence-electron chi connectivity index (χ3n) is 3.84. The summed E-state index contributed by atoms with van der Waals surface area (Å²) in [7, 11) is 3.40. The molecule has 0 spiro atoms. The molecule has 2 amide bonds. The maximum atomic E-state index is 12.2. The van der Waals surface area contributed by atoms with Crippen molar-refractivity contribution in [1.29, 1.82) is 0 Å². The molecule has 5 heteroatoms. The Morgan fingerprint density at radius 2 is 1.95 bits per heavy atom. The van der Waals surface area contributed by atoms with E-state index in [4.69, 9.17) is 5.73 Å². The molecule has 2 rings (SSSR count). The normalized spacial score (nSPS) is 16.2. The Kier molecular flexibility index (Phi) is 3.81. The second kappa shape index (κ2) is 5.25. The van der Waals surface area contributed by atoms with Gasteiger partial charge < -0.3 is 16.0 Å². The van der Waals surface area contributed by atoms with E-state index in [1.165, 1.54) is 4.90 Å². The van der Waals surface area contributed by atoms with Crippen molar-refractivity contribution in [2.45, 2.75) is 31.7 Å². The van der Waals surface area contributed by atoms with E-state index in [9.17, 15) is 9.59 Å². The van der Waals surface area contributed by atoms with E-state index in [-0.39, 0.29) is 11.8 Å². The monoisotopic (exact) mass is 275 g/mol. The summed E-state index contributed by atoms with van der Waals surface area (Å²) < 4.78 is 0. The van der Waals surface area contributed by atoms with Gasteiger partial charge in [0.1, 0.15) is 0 Å². The predicted molar refractivity (Wildman–Crippen MR) is 78.6 cm³/mol. The molecule has 1 aromatic rings. The highest BCUT2D eigenvalue weighted by atomic mass is 16.2. The molecule has 0 aromatic heterocycles. The van der Waals surface area contributed by atoms with Crippen LogP contribution in [0.4, 0.5) is 5.69 Å². The number of nitrogens with one attached hydrogen (secondary N) is 1. The molecule has 0 bridgehead atoms. The van der Waals surface area contributed by atoms with Crippen molar-refractivity contribution >= 4 is 17.5 Å². The second-order valence-corrected chi connectivity index (χ2v) is 5.69. The number of amides is 2. The maximum Gasteiger partial charge on any atom is 0.253 e. The van der Waals surface area contributed by atoms with Gasteiger partial charge in [0.2, 0.25) is 5.91 Å². The Morgan fingerprint density at radius 1 is 1.30 bits per heavy atom. The number of anilines is 1. The molecule has 108 valence electrons. The molecule has 3 N–H and O–H groups in total. The Hall–Kier alpha value is -1.88. The van der Waals surface area contributed by atoms with Crippen molar-refractivity contribution in [2.75, 3.05) is 19.4 Å². The molecule has 1 fully saturated rings. The first-order valence-electron chi connectivity index (χ1n) is 6.76. The molecular formula is C15H21N3O2. The van der Waals surface area contributed by atoms with Crippen LogP contribution >= 0.6 is 0 Å². The van der Waals surface area contributed by atoms with Gasteiger partial charge in [0.05, 0.1) is 5.54 Å². The molecular weight excluding hydrogens is 254 g/mol. The molecule has 1 aliphatic carbocycles. The maximum absolute atomic E-state index is 12.2. The SMILES string of the molecule is Cc1ccc(C(=O)N(C)C)cc1NC(=O)C1(N)CCC1. The van der Waals surface area contributed by atoms with Crippen LogP contribution in [0.2, 0.25) is 0 Å². The van der Waals surface area contributed by atoms with E-state index in [2.05, 4.69) is 5.32 Å². The van der Waals surface area contributed by atoms with Crippen molar-refractivity contribution in [1.82, 2.24) is 4.90 Å². The number of nitrogens with two attached hydrogens (primary N) is 1. The molecule has 0 atom stereocenters. The molecule has 0 aliphatic heterocycles. The quantitative estimate of drug-likeness (QED) is 0.878. The van der Waals surface area contributed by atoms with Crippen molar-refractivity contribution in [3.8, 4) is 0 Å². The largest absolute Gasteiger partial charge is 0.345 e. The van der Waals surface area contributed by atoms with Gasteiger partial charge in [-0.2, -0.15) is 0 Å². The van der Waals surface area contributed by atoms with Gasteiger partial charge in [0.15, 0.2) is 0 Å². The molecule has 0 unspecified atom stereocenters. The van der Waals surface area contributed by atoms with Crippen LogP contribution in [0.25, 0.3) is 0 Å². The molecule has 0 saturated heterocycles. The third-order valence-corrected chi connectivity index (χ3v) is 3.84. The molecule has 1 saturated carbocycles. The van der Waals surface area contributed by atoms with Gasteiger partial charge in [-0.1, -0.05) is 6.07 Å². The molecule has 20 heavy (non-hydrogen) atoms. The molecule has 0 heterocycles. The molecule has 0 radical (unpaired) electrons. The minimum atomic E-state index is -0.742. The number of aryl methyl sites for hydroxylation is 1. The Bertz CT molecular complexity index is 548. The highest BCUT2D eigenvalue weighted by molar-refractivity contribution is 6.01. The minimum Gasteiger partial charge on any atom is -0.345 e. The zero-order valence-electron chi connectivity index (χ0n) is 12.2. The lowest BCUT2D eigenvalue weighted by Crippen LogP contribution is -2.56. The van der Waals surface area contributed by atoms with Crippen molar-refractivity contribution in [3.63, 3.8) is 0 Å². The fourth-order valence-corrected chi connectivity index (χ4v) is 2.18. The number of hydrogen-bond acceptors (Lipinski definition) is 3. The van der Waals surface area contributed by atoms with Crippen LogP contribution < -0.4 is 11.1 Å². The third kappa shape index (κ3) is 2.67. The van der Waals surface area contributed by atoms with Crippen LogP contribution in [0.3, 0.4) is 0 Å². The zero-order valence-corrected chi connectivity index (χ0v) is 12.2. The number of rotatable bonds is 3. The smallest absolute Gasteiger partial charge is 0.253 e.